The Kier molecular flexibility index (Phi) is 4.71. The van der Waals surface area contributed by atoms with Crippen LogP contribution in [-0.2, 0) is 11.2 Å². The first kappa shape index (κ1) is 16.8. The minimum Gasteiger partial charge on any atom is -0.396 e. The minimum absolute atomic E-state index is 0.0637. The molecule has 5 heteroatoms. The van der Waals surface area contributed by atoms with Gasteiger partial charge in [0.15, 0.2) is 5.82 Å². The van der Waals surface area contributed by atoms with E-state index in [1.165, 1.54) is 0 Å². The molecule has 0 saturated heterocycles. The maximum absolute atomic E-state index is 12.4. The van der Waals surface area contributed by atoms with Crippen LogP contribution in [0.3, 0.4) is 0 Å². The minimum atomic E-state index is -0.0637. The number of fused-ring (bicyclic) bond motifs is 1. The third kappa shape index (κ3) is 3.48. The van der Waals surface area contributed by atoms with Crippen LogP contribution >= 0.6 is 0 Å². The van der Waals surface area contributed by atoms with Crippen molar-refractivity contribution in [3.8, 4) is 0 Å². The van der Waals surface area contributed by atoms with Gasteiger partial charge < -0.3 is 10.4 Å². The molecular weight excluding hydrogens is 326 g/mol. The van der Waals surface area contributed by atoms with E-state index in [0.29, 0.717) is 24.1 Å². The van der Waals surface area contributed by atoms with Crippen LogP contribution in [0.25, 0.3) is 10.8 Å². The number of aromatic amines is 1. The number of hydrogen-bond donors (Lipinski definition) is 3. The summed E-state index contributed by atoms with van der Waals surface area (Å²) in [4.78, 5) is 12.4. The van der Waals surface area contributed by atoms with Crippen LogP contribution in [0.4, 0.5) is 5.82 Å². The number of aliphatic hydroxyl groups is 1. The van der Waals surface area contributed by atoms with Crippen LogP contribution < -0.4 is 5.32 Å². The monoisotopic (exact) mass is 349 g/mol. The average Bonchev–Trinajstić information content (AvgIpc) is 3.05. The molecule has 0 bridgehead atoms. The number of carbonyl (C=O) groups excluding carboxylic acids is 1. The van der Waals surface area contributed by atoms with Gasteiger partial charge >= 0.3 is 0 Å². The van der Waals surface area contributed by atoms with Crippen molar-refractivity contribution in [1.29, 1.82) is 0 Å². The molecule has 0 spiro atoms. The van der Waals surface area contributed by atoms with E-state index >= 15 is 0 Å². The summed E-state index contributed by atoms with van der Waals surface area (Å²) in [6.07, 6.45) is 3.35. The van der Waals surface area contributed by atoms with Gasteiger partial charge in [0.05, 0.1) is 6.42 Å². The summed E-state index contributed by atoms with van der Waals surface area (Å²) in [6.45, 7) is 0.260. The maximum atomic E-state index is 12.4. The second-order valence-electron chi connectivity index (χ2n) is 7.12. The number of anilines is 1. The molecule has 1 heterocycles. The van der Waals surface area contributed by atoms with Crippen LogP contribution in [0.2, 0.25) is 0 Å². The van der Waals surface area contributed by atoms with Gasteiger partial charge in [0.2, 0.25) is 5.91 Å². The van der Waals surface area contributed by atoms with Crippen molar-refractivity contribution < 1.29 is 9.90 Å². The van der Waals surface area contributed by atoms with Gasteiger partial charge in [-0.1, -0.05) is 42.5 Å². The van der Waals surface area contributed by atoms with Crippen molar-refractivity contribution in [3.05, 3.63) is 59.8 Å². The molecule has 1 aliphatic rings. The Morgan fingerprint density at radius 2 is 2.00 bits per heavy atom. The molecule has 1 aromatic heterocycles. The highest BCUT2D eigenvalue weighted by Crippen LogP contribution is 2.42. The quantitative estimate of drug-likeness (QED) is 0.636. The Morgan fingerprint density at radius 3 is 2.85 bits per heavy atom. The summed E-state index contributed by atoms with van der Waals surface area (Å²) in [5.74, 6) is 1.59. The fourth-order valence-electron chi connectivity index (χ4n) is 3.82. The lowest BCUT2D eigenvalue weighted by Gasteiger charge is -2.34. The van der Waals surface area contributed by atoms with Crippen molar-refractivity contribution >= 4 is 22.5 Å². The zero-order valence-corrected chi connectivity index (χ0v) is 14.6. The lowest BCUT2D eigenvalue weighted by atomic mass is 9.72. The number of aromatic nitrogens is 2. The standard InChI is InChI=1S/C21H23N3O2/c25-9-8-14-10-17(11-14)19-13-20(24-23-19)22-21(26)12-16-6-3-5-15-4-1-2-7-18(15)16/h1-7,13-14,17,25H,8-12H2,(H2,22,23,24,26). The molecule has 4 rings (SSSR count). The van der Waals surface area contributed by atoms with E-state index in [4.69, 9.17) is 5.11 Å². The normalized spacial score (nSPS) is 19.3. The second-order valence-corrected chi connectivity index (χ2v) is 7.12. The van der Waals surface area contributed by atoms with Crippen molar-refractivity contribution in [2.75, 3.05) is 11.9 Å². The van der Waals surface area contributed by atoms with Gasteiger partial charge in [-0.05, 0) is 41.5 Å². The molecule has 0 atom stereocenters. The molecule has 1 aliphatic carbocycles. The van der Waals surface area contributed by atoms with Crippen LogP contribution in [0.15, 0.2) is 48.5 Å². The summed E-state index contributed by atoms with van der Waals surface area (Å²) in [5.41, 5.74) is 2.09. The lowest BCUT2D eigenvalue weighted by molar-refractivity contribution is -0.115. The van der Waals surface area contributed by atoms with Gasteiger partial charge in [-0.15, -0.1) is 0 Å². The largest absolute Gasteiger partial charge is 0.396 e. The smallest absolute Gasteiger partial charge is 0.230 e. The van der Waals surface area contributed by atoms with E-state index in [1.54, 1.807) is 0 Å². The molecule has 0 unspecified atom stereocenters. The van der Waals surface area contributed by atoms with Crippen molar-refractivity contribution in [3.63, 3.8) is 0 Å². The number of benzene rings is 2. The molecule has 3 N–H and O–H groups in total. The fraction of sp³-hybridized carbons (Fsp3) is 0.333. The van der Waals surface area contributed by atoms with Gasteiger partial charge in [-0.3, -0.25) is 9.89 Å². The maximum Gasteiger partial charge on any atom is 0.230 e. The average molecular weight is 349 g/mol. The summed E-state index contributed by atoms with van der Waals surface area (Å²) < 4.78 is 0. The molecule has 1 saturated carbocycles. The molecule has 1 amide bonds. The number of nitrogens with zero attached hydrogens (tertiary/aromatic N) is 1. The van der Waals surface area contributed by atoms with Crippen LogP contribution in [0.5, 0.6) is 0 Å². The third-order valence-corrected chi connectivity index (χ3v) is 5.31. The van der Waals surface area contributed by atoms with Gasteiger partial charge in [0.25, 0.3) is 0 Å². The van der Waals surface area contributed by atoms with Gasteiger partial charge in [-0.2, -0.15) is 5.10 Å². The van der Waals surface area contributed by atoms with E-state index in [2.05, 4.69) is 27.6 Å². The van der Waals surface area contributed by atoms with Crippen LogP contribution in [0.1, 0.15) is 36.4 Å². The van der Waals surface area contributed by atoms with E-state index in [1.807, 2.05) is 36.4 Å². The number of amides is 1. The molecule has 5 nitrogen and oxygen atoms in total. The molecule has 134 valence electrons. The molecule has 3 aromatic rings. The number of nitrogens with one attached hydrogen (secondary N) is 2. The van der Waals surface area contributed by atoms with E-state index in [9.17, 15) is 4.79 Å². The number of hydrogen-bond acceptors (Lipinski definition) is 3. The molecular formula is C21H23N3O2. The number of aliphatic hydroxyl groups excluding tert-OH is 1. The van der Waals surface area contributed by atoms with Crippen LogP contribution in [-0.4, -0.2) is 27.8 Å². The zero-order chi connectivity index (χ0) is 17.9. The Bertz CT molecular complexity index is 907. The highest BCUT2D eigenvalue weighted by atomic mass is 16.3. The molecule has 0 aliphatic heterocycles. The first-order valence-corrected chi connectivity index (χ1v) is 9.15. The van der Waals surface area contributed by atoms with Crippen LogP contribution in [0, 0.1) is 5.92 Å². The topological polar surface area (TPSA) is 78.0 Å². The van der Waals surface area contributed by atoms with Crippen molar-refractivity contribution in [2.24, 2.45) is 5.92 Å². The summed E-state index contributed by atoms with van der Waals surface area (Å²) in [7, 11) is 0. The SMILES string of the molecule is O=C(Cc1cccc2ccccc12)Nc1cc(C2CC(CCO)C2)[nH]n1. The summed E-state index contributed by atoms with van der Waals surface area (Å²) in [6, 6.07) is 16.1. The number of carbonyl (C=O) groups is 1. The van der Waals surface area contributed by atoms with E-state index in [-0.39, 0.29) is 12.5 Å². The first-order chi connectivity index (χ1) is 12.7. The number of H-pyrrole nitrogens is 1. The fourth-order valence-corrected chi connectivity index (χ4v) is 3.82. The van der Waals surface area contributed by atoms with Crippen molar-refractivity contribution in [1.82, 2.24) is 10.2 Å². The van der Waals surface area contributed by atoms with Gasteiger partial charge in [-0.25, -0.2) is 0 Å². The van der Waals surface area contributed by atoms with E-state index < -0.39 is 0 Å². The highest BCUT2D eigenvalue weighted by Gasteiger charge is 2.31. The van der Waals surface area contributed by atoms with E-state index in [0.717, 1.165) is 41.3 Å². The third-order valence-electron chi connectivity index (χ3n) is 5.31. The van der Waals surface area contributed by atoms with Crippen molar-refractivity contribution in [2.45, 2.75) is 31.6 Å². The van der Waals surface area contributed by atoms with Gasteiger partial charge in [0.1, 0.15) is 0 Å². The highest BCUT2D eigenvalue weighted by molar-refractivity contribution is 5.95. The number of rotatable bonds is 6. The molecule has 1 fully saturated rings. The Morgan fingerprint density at radius 1 is 1.19 bits per heavy atom. The predicted molar refractivity (Wildman–Crippen MR) is 102 cm³/mol. The summed E-state index contributed by atoms with van der Waals surface area (Å²) >= 11 is 0. The second kappa shape index (κ2) is 7.30. The summed E-state index contributed by atoms with van der Waals surface area (Å²) in [5, 5.41) is 21.4. The Balaban J connectivity index is 1.38. The first-order valence-electron chi connectivity index (χ1n) is 9.15. The molecule has 2 aromatic carbocycles. The Labute approximate surface area is 152 Å². The predicted octanol–water partition coefficient (Wildman–Crippen LogP) is 3.62. The van der Waals surface area contributed by atoms with Gasteiger partial charge in [0, 0.05) is 24.3 Å². The Hall–Kier alpha value is -2.66. The molecule has 26 heavy (non-hydrogen) atoms. The lowest BCUT2D eigenvalue weighted by Crippen LogP contribution is -2.23. The molecule has 0 radical (unpaired) electrons. The zero-order valence-electron chi connectivity index (χ0n) is 14.6.